The van der Waals surface area contributed by atoms with E-state index < -0.39 is 0 Å². The molecule has 0 aliphatic carbocycles. The molecular formula is C14H22BrN5O. The summed E-state index contributed by atoms with van der Waals surface area (Å²) in [5.74, 6) is 5.88. The Bertz CT molecular complexity index is 510. The number of carbonyl (C=O) groups is 1. The molecule has 1 unspecified atom stereocenters. The van der Waals surface area contributed by atoms with Gasteiger partial charge in [0.05, 0.1) is 5.56 Å². The van der Waals surface area contributed by atoms with E-state index in [-0.39, 0.29) is 11.9 Å². The number of aromatic nitrogens is 1. The van der Waals surface area contributed by atoms with Gasteiger partial charge in [-0.05, 0) is 48.4 Å². The number of nitrogens with two attached hydrogens (primary N) is 1. The molecule has 0 aromatic carbocycles. The maximum Gasteiger partial charge on any atom is 0.257 e. The van der Waals surface area contributed by atoms with Crippen molar-refractivity contribution < 1.29 is 4.79 Å². The summed E-state index contributed by atoms with van der Waals surface area (Å²) in [4.78, 5) is 21.3. The Morgan fingerprint density at radius 2 is 2.33 bits per heavy atom. The number of amides is 1. The zero-order chi connectivity index (χ0) is 15.4. The lowest BCUT2D eigenvalue weighted by atomic mass is 10.1. The predicted octanol–water partition coefficient (Wildman–Crippen LogP) is 1.69. The Labute approximate surface area is 133 Å². The van der Waals surface area contributed by atoms with Crippen molar-refractivity contribution in [3.63, 3.8) is 0 Å². The van der Waals surface area contributed by atoms with Gasteiger partial charge in [-0.1, -0.05) is 6.92 Å². The summed E-state index contributed by atoms with van der Waals surface area (Å²) in [6.07, 6.45) is 3.54. The first kappa shape index (κ1) is 16.2. The van der Waals surface area contributed by atoms with Gasteiger partial charge in [-0.3, -0.25) is 4.79 Å². The second-order valence-corrected chi connectivity index (χ2v) is 6.29. The molecule has 0 spiro atoms. The summed E-state index contributed by atoms with van der Waals surface area (Å²) < 4.78 is 0.768. The molecule has 2 rings (SSSR count). The average molecular weight is 356 g/mol. The third kappa shape index (κ3) is 3.72. The van der Waals surface area contributed by atoms with Crippen LogP contribution in [0.3, 0.4) is 0 Å². The SMILES string of the molecule is CCC1CN(C)CCCN1C(=O)c1cc(Br)cnc1NN. The number of halogens is 1. The van der Waals surface area contributed by atoms with Crippen LogP contribution in [0.2, 0.25) is 0 Å². The van der Waals surface area contributed by atoms with E-state index >= 15 is 0 Å². The molecule has 0 saturated carbocycles. The van der Waals surface area contributed by atoms with Crippen LogP contribution < -0.4 is 11.3 Å². The van der Waals surface area contributed by atoms with Crippen LogP contribution in [0.5, 0.6) is 0 Å². The van der Waals surface area contributed by atoms with Gasteiger partial charge in [0.25, 0.3) is 5.91 Å². The summed E-state index contributed by atoms with van der Waals surface area (Å²) in [7, 11) is 2.10. The van der Waals surface area contributed by atoms with Crippen molar-refractivity contribution in [3.05, 3.63) is 22.3 Å². The van der Waals surface area contributed by atoms with Crippen molar-refractivity contribution >= 4 is 27.7 Å². The van der Waals surface area contributed by atoms with Crippen molar-refractivity contribution in [2.45, 2.75) is 25.8 Å². The van der Waals surface area contributed by atoms with Crippen molar-refractivity contribution in [2.75, 3.05) is 32.1 Å². The van der Waals surface area contributed by atoms with Gasteiger partial charge in [0, 0.05) is 29.8 Å². The fourth-order valence-corrected chi connectivity index (χ4v) is 3.06. The Morgan fingerprint density at radius 1 is 1.57 bits per heavy atom. The number of nitrogen functional groups attached to an aromatic ring is 1. The maximum absolute atomic E-state index is 12.9. The average Bonchev–Trinajstić information content (AvgIpc) is 2.67. The minimum atomic E-state index is -0.0149. The van der Waals surface area contributed by atoms with E-state index in [0.717, 1.165) is 36.9 Å². The highest BCUT2D eigenvalue weighted by Crippen LogP contribution is 2.22. The molecule has 1 amide bonds. The van der Waals surface area contributed by atoms with Gasteiger partial charge >= 0.3 is 0 Å². The van der Waals surface area contributed by atoms with Crippen molar-refractivity contribution in [1.29, 1.82) is 0 Å². The number of rotatable bonds is 3. The summed E-state index contributed by atoms with van der Waals surface area (Å²) in [5, 5.41) is 0. The van der Waals surface area contributed by atoms with E-state index in [1.54, 1.807) is 12.3 Å². The third-order valence-corrected chi connectivity index (χ3v) is 4.29. The molecular weight excluding hydrogens is 334 g/mol. The van der Waals surface area contributed by atoms with E-state index in [9.17, 15) is 4.79 Å². The molecule has 3 N–H and O–H groups in total. The van der Waals surface area contributed by atoms with Gasteiger partial charge in [-0.15, -0.1) is 0 Å². The molecule has 1 saturated heterocycles. The number of hydrogen-bond donors (Lipinski definition) is 2. The summed E-state index contributed by atoms with van der Waals surface area (Å²) in [6.45, 7) is 4.79. The number of likely N-dealkylation sites (N-methyl/N-ethyl adjacent to an activating group) is 1. The Hall–Kier alpha value is -1.18. The highest BCUT2D eigenvalue weighted by Gasteiger charge is 2.28. The lowest BCUT2D eigenvalue weighted by Crippen LogP contribution is -2.43. The molecule has 2 heterocycles. The Balaban J connectivity index is 2.31. The minimum Gasteiger partial charge on any atom is -0.334 e. The molecule has 116 valence electrons. The first-order valence-electron chi connectivity index (χ1n) is 7.18. The number of hydrogen-bond acceptors (Lipinski definition) is 5. The van der Waals surface area contributed by atoms with Gasteiger partial charge in [-0.25, -0.2) is 10.8 Å². The number of pyridine rings is 1. The van der Waals surface area contributed by atoms with Crippen LogP contribution in [0.1, 0.15) is 30.1 Å². The van der Waals surface area contributed by atoms with Gasteiger partial charge in [0.1, 0.15) is 0 Å². The van der Waals surface area contributed by atoms with Crippen LogP contribution in [0.4, 0.5) is 5.82 Å². The zero-order valence-electron chi connectivity index (χ0n) is 12.5. The molecule has 1 aromatic heterocycles. The summed E-state index contributed by atoms with van der Waals surface area (Å²) >= 11 is 3.36. The number of nitrogens with one attached hydrogen (secondary N) is 1. The lowest BCUT2D eigenvalue weighted by Gasteiger charge is -2.30. The lowest BCUT2D eigenvalue weighted by molar-refractivity contribution is 0.0676. The molecule has 7 heteroatoms. The Morgan fingerprint density at radius 3 is 3.00 bits per heavy atom. The third-order valence-electron chi connectivity index (χ3n) is 3.86. The number of anilines is 1. The Kier molecular flexibility index (Phi) is 5.55. The number of hydrazine groups is 1. The fraction of sp³-hybridized carbons (Fsp3) is 0.571. The summed E-state index contributed by atoms with van der Waals surface area (Å²) in [6, 6.07) is 1.99. The first-order chi connectivity index (χ1) is 10.1. The van der Waals surface area contributed by atoms with Crippen molar-refractivity contribution in [2.24, 2.45) is 5.84 Å². The quantitative estimate of drug-likeness (QED) is 0.637. The zero-order valence-corrected chi connectivity index (χ0v) is 14.1. The van der Waals surface area contributed by atoms with Crippen molar-refractivity contribution in [3.8, 4) is 0 Å². The fourth-order valence-electron chi connectivity index (χ4n) is 2.73. The predicted molar refractivity (Wildman–Crippen MR) is 87.0 cm³/mol. The second kappa shape index (κ2) is 7.20. The molecule has 1 fully saturated rings. The first-order valence-corrected chi connectivity index (χ1v) is 7.97. The standard InChI is InChI=1S/C14H22BrN5O/c1-3-11-9-19(2)5-4-6-20(11)14(21)12-7-10(15)8-17-13(12)18-16/h7-8,11H,3-6,9,16H2,1-2H3,(H,17,18). The van der Waals surface area contributed by atoms with Crippen LogP contribution >= 0.6 is 15.9 Å². The number of nitrogens with zero attached hydrogens (tertiary/aromatic N) is 3. The minimum absolute atomic E-state index is 0.0149. The topological polar surface area (TPSA) is 74.5 Å². The largest absolute Gasteiger partial charge is 0.334 e. The molecule has 1 atom stereocenters. The van der Waals surface area contributed by atoms with E-state index in [0.29, 0.717) is 11.4 Å². The smallest absolute Gasteiger partial charge is 0.257 e. The van der Waals surface area contributed by atoms with Crippen LogP contribution in [0, 0.1) is 0 Å². The maximum atomic E-state index is 12.9. The molecule has 0 bridgehead atoms. The highest BCUT2D eigenvalue weighted by atomic mass is 79.9. The molecule has 0 radical (unpaired) electrons. The van der Waals surface area contributed by atoms with Crippen LogP contribution in [-0.4, -0.2) is 53.4 Å². The van der Waals surface area contributed by atoms with Crippen LogP contribution in [-0.2, 0) is 0 Å². The normalized spacial score (nSPS) is 20.2. The van der Waals surface area contributed by atoms with Gasteiger partial charge < -0.3 is 15.2 Å². The highest BCUT2D eigenvalue weighted by molar-refractivity contribution is 9.10. The van der Waals surface area contributed by atoms with E-state index in [4.69, 9.17) is 5.84 Å². The van der Waals surface area contributed by atoms with Gasteiger partial charge in [0.2, 0.25) is 0 Å². The van der Waals surface area contributed by atoms with Crippen LogP contribution in [0.15, 0.2) is 16.7 Å². The van der Waals surface area contributed by atoms with Crippen LogP contribution in [0.25, 0.3) is 0 Å². The molecule has 6 nitrogen and oxygen atoms in total. The molecule has 1 aromatic rings. The molecule has 21 heavy (non-hydrogen) atoms. The molecule has 1 aliphatic heterocycles. The van der Waals surface area contributed by atoms with Crippen molar-refractivity contribution in [1.82, 2.24) is 14.8 Å². The second-order valence-electron chi connectivity index (χ2n) is 5.37. The van der Waals surface area contributed by atoms with E-state index in [1.807, 2.05) is 4.90 Å². The summed E-state index contributed by atoms with van der Waals surface area (Å²) in [5.41, 5.74) is 3.02. The molecule has 1 aliphatic rings. The van der Waals surface area contributed by atoms with E-state index in [1.165, 1.54) is 0 Å². The number of carbonyl (C=O) groups excluding carboxylic acids is 1. The van der Waals surface area contributed by atoms with Gasteiger partial charge in [0.15, 0.2) is 5.82 Å². The van der Waals surface area contributed by atoms with E-state index in [2.05, 4.69) is 45.2 Å². The van der Waals surface area contributed by atoms with Gasteiger partial charge in [-0.2, -0.15) is 0 Å². The monoisotopic (exact) mass is 355 g/mol.